The van der Waals surface area contributed by atoms with E-state index in [-0.39, 0.29) is 0 Å². The van der Waals surface area contributed by atoms with Gasteiger partial charge in [-0.15, -0.1) is 0 Å². The van der Waals surface area contributed by atoms with Gasteiger partial charge in [-0.05, 0) is 30.7 Å². The summed E-state index contributed by atoms with van der Waals surface area (Å²) in [7, 11) is -3.13. The first-order chi connectivity index (χ1) is 7.39. The lowest BCUT2D eigenvalue weighted by atomic mass is 10.2. The molecule has 86 valence electrons. The number of amidine groups is 1. The molecular weight excluding hydrogens is 224 g/mol. The van der Waals surface area contributed by atoms with Crippen LogP contribution in [-0.2, 0) is 9.84 Å². The average Bonchev–Trinajstić information content (AvgIpc) is 2.16. The maximum atomic E-state index is 11.2. The van der Waals surface area contributed by atoms with Gasteiger partial charge in [-0.25, -0.2) is 13.4 Å². The van der Waals surface area contributed by atoms with Crippen LogP contribution in [0.3, 0.4) is 0 Å². The maximum absolute atomic E-state index is 11.2. The molecular formula is C11H14N2O2S. The monoisotopic (exact) mass is 238 g/mol. The minimum absolute atomic E-state index is 0.308. The van der Waals surface area contributed by atoms with Crippen molar-refractivity contribution in [3.63, 3.8) is 0 Å². The van der Waals surface area contributed by atoms with Gasteiger partial charge in [0.15, 0.2) is 9.84 Å². The van der Waals surface area contributed by atoms with Crippen LogP contribution in [0.4, 0.5) is 0 Å². The van der Waals surface area contributed by atoms with E-state index in [2.05, 4.69) is 4.99 Å². The van der Waals surface area contributed by atoms with E-state index in [1.165, 1.54) is 6.26 Å². The summed E-state index contributed by atoms with van der Waals surface area (Å²) in [6, 6.07) is 6.56. The van der Waals surface area contributed by atoms with Crippen LogP contribution in [0.5, 0.6) is 0 Å². The standard InChI is InChI=1S/C11H14N2O2S/c1-9(12)13-8-7-10-3-5-11(6-4-10)16(2,14)15/h3-8H,1-2H3,(H2,12,13)/b8-7+. The lowest BCUT2D eigenvalue weighted by molar-refractivity contribution is 0.602. The Kier molecular flexibility index (Phi) is 3.84. The smallest absolute Gasteiger partial charge is 0.175 e. The molecule has 0 saturated heterocycles. The SMILES string of the molecule is CC(N)=N/C=C/c1ccc(S(C)(=O)=O)cc1. The molecule has 0 aromatic heterocycles. The third kappa shape index (κ3) is 3.86. The summed E-state index contributed by atoms with van der Waals surface area (Å²) in [4.78, 5) is 4.20. The predicted molar refractivity (Wildman–Crippen MR) is 65.9 cm³/mol. The second kappa shape index (κ2) is 4.94. The fourth-order valence-corrected chi connectivity index (χ4v) is 1.70. The Bertz CT molecular complexity index is 509. The van der Waals surface area contributed by atoms with Crippen LogP contribution in [-0.4, -0.2) is 20.5 Å². The number of sulfone groups is 1. The van der Waals surface area contributed by atoms with E-state index in [4.69, 9.17) is 5.73 Å². The number of benzene rings is 1. The fourth-order valence-electron chi connectivity index (χ4n) is 1.07. The van der Waals surface area contributed by atoms with E-state index < -0.39 is 9.84 Å². The zero-order valence-electron chi connectivity index (χ0n) is 9.21. The average molecular weight is 238 g/mol. The molecule has 1 rings (SSSR count). The first-order valence-electron chi connectivity index (χ1n) is 4.66. The maximum Gasteiger partial charge on any atom is 0.175 e. The van der Waals surface area contributed by atoms with Crippen LogP contribution in [0.2, 0.25) is 0 Å². The first-order valence-corrected chi connectivity index (χ1v) is 6.55. The molecule has 0 aliphatic heterocycles. The van der Waals surface area contributed by atoms with Gasteiger partial charge < -0.3 is 5.73 Å². The summed E-state index contributed by atoms with van der Waals surface area (Å²) in [5, 5.41) is 0. The van der Waals surface area contributed by atoms with Gasteiger partial charge in [0.25, 0.3) is 0 Å². The molecule has 0 aliphatic rings. The highest BCUT2D eigenvalue weighted by Crippen LogP contribution is 2.11. The molecule has 0 heterocycles. The van der Waals surface area contributed by atoms with Crippen LogP contribution in [0, 0.1) is 0 Å². The van der Waals surface area contributed by atoms with Crippen molar-refractivity contribution in [3.8, 4) is 0 Å². The summed E-state index contributed by atoms with van der Waals surface area (Å²) in [6.07, 6.45) is 4.51. The van der Waals surface area contributed by atoms with Crippen molar-refractivity contribution >= 4 is 21.7 Å². The predicted octanol–water partition coefficient (Wildman–Crippen LogP) is 1.44. The third-order valence-corrected chi connectivity index (χ3v) is 2.98. The normalized spacial score (nSPS) is 13.2. The molecule has 0 bridgehead atoms. The largest absolute Gasteiger partial charge is 0.387 e. The van der Waals surface area contributed by atoms with Gasteiger partial charge in [-0.1, -0.05) is 12.1 Å². The molecule has 1 aromatic rings. The lowest BCUT2D eigenvalue weighted by Gasteiger charge is -1.98. The Morgan fingerprint density at radius 2 is 1.88 bits per heavy atom. The van der Waals surface area contributed by atoms with E-state index >= 15 is 0 Å². The quantitative estimate of drug-likeness (QED) is 0.639. The Labute approximate surface area is 95.4 Å². The number of rotatable bonds is 3. The van der Waals surface area contributed by atoms with E-state index in [0.29, 0.717) is 10.7 Å². The molecule has 0 aliphatic carbocycles. The van der Waals surface area contributed by atoms with Crippen LogP contribution < -0.4 is 5.73 Å². The van der Waals surface area contributed by atoms with Crippen molar-refractivity contribution in [2.75, 3.05) is 6.26 Å². The molecule has 16 heavy (non-hydrogen) atoms. The van der Waals surface area contributed by atoms with Gasteiger partial charge in [0.05, 0.1) is 10.7 Å². The van der Waals surface area contributed by atoms with Gasteiger partial charge in [0, 0.05) is 12.5 Å². The van der Waals surface area contributed by atoms with E-state index in [1.54, 1.807) is 43.5 Å². The van der Waals surface area contributed by atoms with Gasteiger partial charge in [0.2, 0.25) is 0 Å². The van der Waals surface area contributed by atoms with E-state index in [9.17, 15) is 8.42 Å². The molecule has 0 fully saturated rings. The van der Waals surface area contributed by atoms with E-state index in [0.717, 1.165) is 5.56 Å². The Morgan fingerprint density at radius 3 is 2.31 bits per heavy atom. The minimum Gasteiger partial charge on any atom is -0.387 e. The summed E-state index contributed by atoms with van der Waals surface area (Å²) >= 11 is 0. The fraction of sp³-hybridized carbons (Fsp3) is 0.182. The molecule has 5 heteroatoms. The topological polar surface area (TPSA) is 72.5 Å². The molecule has 0 atom stereocenters. The van der Waals surface area contributed by atoms with Crippen molar-refractivity contribution in [3.05, 3.63) is 36.0 Å². The highest BCUT2D eigenvalue weighted by molar-refractivity contribution is 7.90. The number of hydrogen-bond acceptors (Lipinski definition) is 3. The van der Waals surface area contributed by atoms with Crippen LogP contribution in [0.15, 0.2) is 40.4 Å². The van der Waals surface area contributed by atoms with Crippen molar-refractivity contribution in [1.82, 2.24) is 0 Å². The molecule has 0 saturated carbocycles. The van der Waals surface area contributed by atoms with Crippen LogP contribution >= 0.6 is 0 Å². The van der Waals surface area contributed by atoms with Gasteiger partial charge in [-0.3, -0.25) is 0 Å². The zero-order chi connectivity index (χ0) is 12.2. The highest BCUT2D eigenvalue weighted by atomic mass is 32.2. The zero-order valence-corrected chi connectivity index (χ0v) is 10.0. The lowest BCUT2D eigenvalue weighted by Crippen LogP contribution is -2.03. The van der Waals surface area contributed by atoms with Crippen molar-refractivity contribution < 1.29 is 8.42 Å². The Balaban J connectivity index is 2.88. The summed E-state index contributed by atoms with van der Waals surface area (Å²) < 4.78 is 22.4. The molecule has 0 radical (unpaired) electrons. The first kappa shape index (κ1) is 12.4. The number of hydrogen-bond donors (Lipinski definition) is 1. The Hall–Kier alpha value is -1.62. The van der Waals surface area contributed by atoms with Crippen molar-refractivity contribution in [2.24, 2.45) is 10.7 Å². The van der Waals surface area contributed by atoms with Gasteiger partial charge in [-0.2, -0.15) is 0 Å². The second-order valence-corrected chi connectivity index (χ2v) is 5.44. The highest BCUT2D eigenvalue weighted by Gasteiger charge is 2.04. The Morgan fingerprint density at radius 1 is 1.31 bits per heavy atom. The molecule has 0 spiro atoms. The number of nitrogens with zero attached hydrogens (tertiary/aromatic N) is 1. The third-order valence-electron chi connectivity index (χ3n) is 1.85. The van der Waals surface area contributed by atoms with Crippen molar-refractivity contribution in [2.45, 2.75) is 11.8 Å². The molecule has 0 unspecified atom stereocenters. The van der Waals surface area contributed by atoms with Crippen LogP contribution in [0.1, 0.15) is 12.5 Å². The minimum atomic E-state index is -3.13. The summed E-state index contributed by atoms with van der Waals surface area (Å²) in [6.45, 7) is 1.69. The van der Waals surface area contributed by atoms with Gasteiger partial charge >= 0.3 is 0 Å². The van der Waals surface area contributed by atoms with Gasteiger partial charge in [0.1, 0.15) is 0 Å². The molecule has 0 amide bonds. The number of nitrogens with two attached hydrogens (primary N) is 1. The van der Waals surface area contributed by atoms with E-state index in [1.807, 2.05) is 0 Å². The van der Waals surface area contributed by atoms with Crippen LogP contribution in [0.25, 0.3) is 6.08 Å². The molecule has 2 N–H and O–H groups in total. The second-order valence-electron chi connectivity index (χ2n) is 3.43. The molecule has 1 aromatic carbocycles. The summed E-state index contributed by atoms with van der Waals surface area (Å²) in [5.74, 6) is 0.476. The molecule has 4 nitrogen and oxygen atoms in total. The van der Waals surface area contributed by atoms with Crippen molar-refractivity contribution in [1.29, 1.82) is 0 Å². The summed E-state index contributed by atoms with van der Waals surface area (Å²) in [5.41, 5.74) is 6.23. The number of aliphatic imine (C=N–C) groups is 1.